The van der Waals surface area contributed by atoms with Gasteiger partial charge in [0.1, 0.15) is 11.9 Å². The standard InChI is InChI=1S/C23H24F3NO5/c1-22(2,3)32-21(29)27-11-16(12-27)14-30-20-10-18(7-8-19(20)31-23(24,25)26)17-6-4-5-15(9-17)13-28/h4-10,13,16H,11-12,14H2,1-3H3. The Morgan fingerprint density at radius 1 is 1.06 bits per heavy atom. The minimum atomic E-state index is -4.87. The number of amides is 1. The minimum absolute atomic E-state index is 0.0525. The van der Waals surface area contributed by atoms with Gasteiger partial charge in [-0.25, -0.2) is 4.79 Å². The molecule has 1 fully saturated rings. The van der Waals surface area contributed by atoms with Gasteiger partial charge in [-0.2, -0.15) is 0 Å². The zero-order chi connectivity index (χ0) is 23.5. The zero-order valence-corrected chi connectivity index (χ0v) is 17.9. The summed E-state index contributed by atoms with van der Waals surface area (Å²) in [5, 5.41) is 0. The van der Waals surface area contributed by atoms with Gasteiger partial charge >= 0.3 is 12.5 Å². The van der Waals surface area contributed by atoms with Crippen molar-refractivity contribution in [2.45, 2.75) is 32.7 Å². The fraction of sp³-hybridized carbons (Fsp3) is 0.391. The summed E-state index contributed by atoms with van der Waals surface area (Å²) in [5.74, 6) is -0.591. The highest BCUT2D eigenvalue weighted by Gasteiger charge is 2.35. The molecular formula is C23H24F3NO5. The van der Waals surface area contributed by atoms with Crippen LogP contribution in [0.5, 0.6) is 11.5 Å². The van der Waals surface area contributed by atoms with E-state index in [0.29, 0.717) is 36.1 Å². The van der Waals surface area contributed by atoms with Crippen LogP contribution < -0.4 is 9.47 Å². The molecule has 0 saturated carbocycles. The first-order valence-corrected chi connectivity index (χ1v) is 9.99. The number of hydrogen-bond acceptors (Lipinski definition) is 5. The van der Waals surface area contributed by atoms with Crippen molar-refractivity contribution in [3.63, 3.8) is 0 Å². The summed E-state index contributed by atoms with van der Waals surface area (Å²) in [6, 6.07) is 10.8. The molecule has 6 nitrogen and oxygen atoms in total. The van der Waals surface area contributed by atoms with Crippen LogP contribution in [0.1, 0.15) is 31.1 Å². The molecule has 0 N–H and O–H groups in total. The molecule has 9 heteroatoms. The maximum Gasteiger partial charge on any atom is 0.573 e. The molecule has 1 amide bonds. The number of carbonyl (C=O) groups excluding carboxylic acids is 2. The SMILES string of the molecule is CC(C)(C)OC(=O)N1CC(COc2cc(-c3cccc(C=O)c3)ccc2OC(F)(F)F)C1. The van der Waals surface area contributed by atoms with Crippen LogP contribution in [-0.2, 0) is 4.74 Å². The number of alkyl halides is 3. The lowest BCUT2D eigenvalue weighted by molar-refractivity contribution is -0.275. The molecule has 0 radical (unpaired) electrons. The second-order valence-electron chi connectivity index (χ2n) is 8.51. The van der Waals surface area contributed by atoms with E-state index in [9.17, 15) is 22.8 Å². The topological polar surface area (TPSA) is 65.1 Å². The van der Waals surface area contributed by atoms with Crippen LogP contribution in [-0.4, -0.2) is 48.9 Å². The van der Waals surface area contributed by atoms with Crippen molar-refractivity contribution in [3.8, 4) is 22.6 Å². The van der Waals surface area contributed by atoms with Crippen LogP contribution in [0.4, 0.5) is 18.0 Å². The largest absolute Gasteiger partial charge is 0.573 e. The highest BCUT2D eigenvalue weighted by Crippen LogP contribution is 2.36. The number of halogens is 3. The summed E-state index contributed by atoms with van der Waals surface area (Å²) in [5.41, 5.74) is 1.06. The van der Waals surface area contributed by atoms with Gasteiger partial charge in [-0.1, -0.05) is 24.3 Å². The number of hydrogen-bond donors (Lipinski definition) is 0. The second kappa shape index (κ2) is 9.10. The first kappa shape index (κ1) is 23.4. The van der Waals surface area contributed by atoms with Crippen molar-refractivity contribution >= 4 is 12.4 Å². The summed E-state index contributed by atoms with van der Waals surface area (Å²) in [6.45, 7) is 6.17. The van der Waals surface area contributed by atoms with Crippen molar-refractivity contribution in [2.24, 2.45) is 5.92 Å². The number of benzene rings is 2. The van der Waals surface area contributed by atoms with Crippen LogP contribution in [0.25, 0.3) is 11.1 Å². The molecule has 2 aromatic carbocycles. The molecular weight excluding hydrogens is 427 g/mol. The van der Waals surface area contributed by atoms with Crippen molar-refractivity contribution in [1.82, 2.24) is 4.90 Å². The van der Waals surface area contributed by atoms with Crippen LogP contribution in [0, 0.1) is 5.92 Å². The molecule has 0 unspecified atom stereocenters. The maximum atomic E-state index is 12.8. The van der Waals surface area contributed by atoms with Crippen LogP contribution >= 0.6 is 0 Å². The van der Waals surface area contributed by atoms with Gasteiger partial charge in [0.2, 0.25) is 0 Å². The Morgan fingerprint density at radius 2 is 1.75 bits per heavy atom. The summed E-state index contributed by atoms with van der Waals surface area (Å²) in [6.07, 6.45) is -4.62. The van der Waals surface area contributed by atoms with E-state index in [2.05, 4.69) is 4.74 Å². The maximum absolute atomic E-state index is 12.8. The molecule has 1 saturated heterocycles. The van der Waals surface area contributed by atoms with Crippen molar-refractivity contribution in [3.05, 3.63) is 48.0 Å². The van der Waals surface area contributed by atoms with Crippen molar-refractivity contribution in [2.75, 3.05) is 19.7 Å². The van der Waals surface area contributed by atoms with Gasteiger partial charge in [0.25, 0.3) is 0 Å². The predicted octanol–water partition coefficient (Wildman–Crippen LogP) is 5.31. The van der Waals surface area contributed by atoms with Crippen LogP contribution in [0.3, 0.4) is 0 Å². The van der Waals surface area contributed by atoms with Gasteiger partial charge in [-0.15, -0.1) is 13.2 Å². The van der Waals surface area contributed by atoms with E-state index in [0.717, 1.165) is 0 Å². The third-order valence-electron chi connectivity index (χ3n) is 4.61. The Balaban J connectivity index is 1.71. The first-order chi connectivity index (χ1) is 14.9. The summed E-state index contributed by atoms with van der Waals surface area (Å²) >= 11 is 0. The highest BCUT2D eigenvalue weighted by molar-refractivity contribution is 5.79. The molecule has 3 rings (SSSR count). The molecule has 0 spiro atoms. The third-order valence-corrected chi connectivity index (χ3v) is 4.61. The molecule has 32 heavy (non-hydrogen) atoms. The van der Waals surface area contributed by atoms with E-state index < -0.39 is 23.8 Å². The molecule has 2 aromatic rings. The number of carbonyl (C=O) groups is 2. The van der Waals surface area contributed by atoms with Crippen LogP contribution in [0.2, 0.25) is 0 Å². The lowest BCUT2D eigenvalue weighted by atomic mass is 10.0. The predicted molar refractivity (Wildman–Crippen MR) is 111 cm³/mol. The number of ether oxygens (including phenoxy) is 3. The molecule has 0 aromatic heterocycles. The molecule has 0 bridgehead atoms. The Labute approximate surface area is 183 Å². The normalized spacial score (nSPS) is 14.5. The Hall–Kier alpha value is -3.23. The molecule has 1 aliphatic heterocycles. The van der Waals surface area contributed by atoms with Gasteiger partial charge in [-0.3, -0.25) is 4.79 Å². The van der Waals surface area contributed by atoms with Gasteiger partial charge in [0.15, 0.2) is 11.5 Å². The summed E-state index contributed by atoms with van der Waals surface area (Å²) in [7, 11) is 0. The van der Waals surface area contributed by atoms with E-state index in [1.54, 1.807) is 45.0 Å². The second-order valence-corrected chi connectivity index (χ2v) is 8.51. The monoisotopic (exact) mass is 451 g/mol. The Morgan fingerprint density at radius 3 is 2.38 bits per heavy atom. The van der Waals surface area contributed by atoms with Crippen molar-refractivity contribution < 1.29 is 37.0 Å². The molecule has 1 aliphatic rings. The number of aldehydes is 1. The van der Waals surface area contributed by atoms with E-state index in [4.69, 9.17) is 9.47 Å². The van der Waals surface area contributed by atoms with Gasteiger partial charge in [0, 0.05) is 24.6 Å². The summed E-state index contributed by atoms with van der Waals surface area (Å²) < 4.78 is 53.5. The minimum Gasteiger partial charge on any atom is -0.489 e. The first-order valence-electron chi connectivity index (χ1n) is 9.99. The van der Waals surface area contributed by atoms with E-state index in [1.807, 2.05) is 0 Å². The van der Waals surface area contributed by atoms with Gasteiger partial charge < -0.3 is 19.1 Å². The zero-order valence-electron chi connectivity index (χ0n) is 17.9. The fourth-order valence-corrected chi connectivity index (χ4v) is 3.16. The third kappa shape index (κ3) is 6.38. The fourth-order valence-electron chi connectivity index (χ4n) is 3.16. The highest BCUT2D eigenvalue weighted by atomic mass is 19.4. The average molecular weight is 451 g/mol. The number of likely N-dealkylation sites (tertiary alicyclic amines) is 1. The van der Waals surface area contributed by atoms with Crippen LogP contribution in [0.15, 0.2) is 42.5 Å². The number of nitrogens with zero attached hydrogens (tertiary/aromatic N) is 1. The van der Waals surface area contributed by atoms with E-state index >= 15 is 0 Å². The summed E-state index contributed by atoms with van der Waals surface area (Å²) in [4.78, 5) is 24.6. The lowest BCUT2D eigenvalue weighted by Gasteiger charge is -2.39. The molecule has 172 valence electrons. The van der Waals surface area contributed by atoms with E-state index in [-0.39, 0.29) is 18.3 Å². The number of rotatable bonds is 6. The van der Waals surface area contributed by atoms with E-state index in [1.165, 1.54) is 23.1 Å². The molecule has 0 atom stereocenters. The quantitative estimate of drug-likeness (QED) is 0.557. The lowest BCUT2D eigenvalue weighted by Crippen LogP contribution is -2.53. The molecule has 1 heterocycles. The average Bonchev–Trinajstić information content (AvgIpc) is 2.65. The Kier molecular flexibility index (Phi) is 6.66. The smallest absolute Gasteiger partial charge is 0.489 e. The molecule has 0 aliphatic carbocycles. The van der Waals surface area contributed by atoms with Crippen molar-refractivity contribution in [1.29, 1.82) is 0 Å². The van der Waals surface area contributed by atoms with Gasteiger partial charge in [-0.05, 0) is 50.1 Å². The van der Waals surface area contributed by atoms with Gasteiger partial charge in [0.05, 0.1) is 6.61 Å². The Bertz CT molecular complexity index is 978.